The van der Waals surface area contributed by atoms with E-state index in [0.717, 1.165) is 32.0 Å². The molecule has 0 atom stereocenters. The van der Waals surface area contributed by atoms with Gasteiger partial charge in [-0.25, -0.2) is 14.4 Å². The molecule has 1 heterocycles. The third kappa shape index (κ3) is 4.13. The maximum atomic E-state index is 12.4. The SMILES string of the molecule is CCOCCCNc1ncc(F)cn1. The predicted octanol–water partition coefficient (Wildman–Crippen LogP) is 1.45. The van der Waals surface area contributed by atoms with Gasteiger partial charge in [0.1, 0.15) is 0 Å². The number of halogens is 1. The van der Waals surface area contributed by atoms with Crippen molar-refractivity contribution < 1.29 is 9.13 Å². The lowest BCUT2D eigenvalue weighted by Gasteiger charge is -2.03. The molecule has 1 rings (SSSR count). The van der Waals surface area contributed by atoms with E-state index >= 15 is 0 Å². The molecule has 0 radical (unpaired) electrons. The first-order valence-corrected chi connectivity index (χ1v) is 4.62. The van der Waals surface area contributed by atoms with Gasteiger partial charge in [0.15, 0.2) is 5.82 Å². The number of anilines is 1. The minimum Gasteiger partial charge on any atom is -0.382 e. The number of hydrogen-bond donors (Lipinski definition) is 1. The van der Waals surface area contributed by atoms with E-state index in [0.29, 0.717) is 12.6 Å². The highest BCUT2D eigenvalue weighted by atomic mass is 19.1. The van der Waals surface area contributed by atoms with Crippen LogP contribution in [0, 0.1) is 5.82 Å². The summed E-state index contributed by atoms with van der Waals surface area (Å²) in [5.74, 6) is 0.0211. The Morgan fingerprint density at radius 3 is 2.79 bits per heavy atom. The summed E-state index contributed by atoms with van der Waals surface area (Å²) in [4.78, 5) is 7.52. The average molecular weight is 199 g/mol. The maximum absolute atomic E-state index is 12.4. The van der Waals surface area contributed by atoms with E-state index < -0.39 is 5.82 Å². The summed E-state index contributed by atoms with van der Waals surface area (Å²) in [7, 11) is 0. The van der Waals surface area contributed by atoms with Gasteiger partial charge in [-0.3, -0.25) is 0 Å². The van der Waals surface area contributed by atoms with Crippen molar-refractivity contribution in [1.29, 1.82) is 0 Å². The van der Waals surface area contributed by atoms with Crippen molar-refractivity contribution in [1.82, 2.24) is 9.97 Å². The molecular weight excluding hydrogens is 185 g/mol. The van der Waals surface area contributed by atoms with E-state index in [2.05, 4.69) is 15.3 Å². The molecular formula is C9H14FN3O. The van der Waals surface area contributed by atoms with Crippen LogP contribution < -0.4 is 5.32 Å². The van der Waals surface area contributed by atoms with E-state index in [4.69, 9.17) is 4.74 Å². The molecule has 14 heavy (non-hydrogen) atoms. The van der Waals surface area contributed by atoms with Gasteiger partial charge in [0.05, 0.1) is 12.4 Å². The van der Waals surface area contributed by atoms with Crippen LogP contribution in [0.1, 0.15) is 13.3 Å². The molecule has 0 fully saturated rings. The Hall–Kier alpha value is -1.23. The molecule has 5 heteroatoms. The third-order valence-corrected chi connectivity index (χ3v) is 1.57. The van der Waals surface area contributed by atoms with Gasteiger partial charge in [0.25, 0.3) is 0 Å². The van der Waals surface area contributed by atoms with Gasteiger partial charge in [0, 0.05) is 19.8 Å². The Balaban J connectivity index is 2.15. The predicted molar refractivity (Wildman–Crippen MR) is 51.6 cm³/mol. The first kappa shape index (κ1) is 10.8. The molecule has 0 unspecified atom stereocenters. The van der Waals surface area contributed by atoms with Crippen LogP contribution in [0.25, 0.3) is 0 Å². The molecule has 1 aromatic heterocycles. The lowest BCUT2D eigenvalue weighted by molar-refractivity contribution is 0.147. The number of aromatic nitrogens is 2. The van der Waals surface area contributed by atoms with Gasteiger partial charge in [-0.15, -0.1) is 0 Å². The van der Waals surface area contributed by atoms with Crippen LogP contribution in [0.3, 0.4) is 0 Å². The van der Waals surface area contributed by atoms with Crippen LogP contribution in [0.2, 0.25) is 0 Å². The number of rotatable bonds is 6. The normalized spacial score (nSPS) is 10.1. The van der Waals surface area contributed by atoms with Gasteiger partial charge in [-0.05, 0) is 13.3 Å². The Morgan fingerprint density at radius 2 is 2.14 bits per heavy atom. The lowest BCUT2D eigenvalue weighted by Crippen LogP contribution is -2.08. The van der Waals surface area contributed by atoms with Gasteiger partial charge in [0.2, 0.25) is 5.95 Å². The van der Waals surface area contributed by atoms with E-state index in [-0.39, 0.29) is 0 Å². The van der Waals surface area contributed by atoms with Crippen LogP contribution in [0.5, 0.6) is 0 Å². The first-order chi connectivity index (χ1) is 6.83. The zero-order valence-corrected chi connectivity index (χ0v) is 8.16. The molecule has 0 saturated carbocycles. The second kappa shape index (κ2) is 6.26. The van der Waals surface area contributed by atoms with Crippen molar-refractivity contribution in [2.45, 2.75) is 13.3 Å². The zero-order valence-electron chi connectivity index (χ0n) is 8.16. The van der Waals surface area contributed by atoms with Gasteiger partial charge in [-0.2, -0.15) is 0 Å². The summed E-state index contributed by atoms with van der Waals surface area (Å²) in [6.45, 7) is 4.12. The fourth-order valence-electron chi connectivity index (χ4n) is 0.922. The Labute approximate surface area is 82.5 Å². The molecule has 4 nitrogen and oxygen atoms in total. The summed E-state index contributed by atoms with van der Waals surface area (Å²) in [6, 6.07) is 0. The Bertz CT molecular complexity index is 253. The fourth-order valence-corrected chi connectivity index (χ4v) is 0.922. The van der Waals surface area contributed by atoms with E-state index in [1.54, 1.807) is 0 Å². The topological polar surface area (TPSA) is 47.0 Å². The van der Waals surface area contributed by atoms with Crippen LogP contribution >= 0.6 is 0 Å². The molecule has 0 saturated heterocycles. The van der Waals surface area contributed by atoms with Crippen molar-refractivity contribution >= 4 is 5.95 Å². The van der Waals surface area contributed by atoms with Crippen LogP contribution in [0.4, 0.5) is 10.3 Å². The summed E-state index contributed by atoms with van der Waals surface area (Å²) >= 11 is 0. The van der Waals surface area contributed by atoms with Crippen molar-refractivity contribution in [3.05, 3.63) is 18.2 Å². The van der Waals surface area contributed by atoms with Crippen molar-refractivity contribution in [2.24, 2.45) is 0 Å². The molecule has 0 aromatic carbocycles. The third-order valence-electron chi connectivity index (χ3n) is 1.57. The monoisotopic (exact) mass is 199 g/mol. The highest BCUT2D eigenvalue weighted by Crippen LogP contribution is 1.97. The van der Waals surface area contributed by atoms with Crippen LogP contribution in [0.15, 0.2) is 12.4 Å². The molecule has 1 N–H and O–H groups in total. The number of hydrogen-bond acceptors (Lipinski definition) is 4. The summed E-state index contributed by atoms with van der Waals surface area (Å²) < 4.78 is 17.6. The van der Waals surface area contributed by atoms with Crippen molar-refractivity contribution in [2.75, 3.05) is 25.1 Å². The maximum Gasteiger partial charge on any atom is 0.222 e. The standard InChI is InChI=1S/C9H14FN3O/c1-2-14-5-3-4-11-9-12-6-8(10)7-13-9/h6-7H,2-5H2,1H3,(H,11,12,13). The highest BCUT2D eigenvalue weighted by Gasteiger charge is 1.95. The molecule has 0 aliphatic rings. The van der Waals surface area contributed by atoms with Gasteiger partial charge >= 0.3 is 0 Å². The van der Waals surface area contributed by atoms with Crippen LogP contribution in [-0.2, 0) is 4.74 Å². The van der Waals surface area contributed by atoms with E-state index in [1.165, 1.54) is 0 Å². The summed E-state index contributed by atoms with van der Waals surface area (Å²) in [5.41, 5.74) is 0. The second-order valence-corrected chi connectivity index (χ2v) is 2.70. The Morgan fingerprint density at radius 1 is 1.43 bits per heavy atom. The van der Waals surface area contributed by atoms with Crippen molar-refractivity contribution in [3.63, 3.8) is 0 Å². The molecule has 0 aliphatic heterocycles. The smallest absolute Gasteiger partial charge is 0.222 e. The summed E-state index contributed by atoms with van der Waals surface area (Å²) in [5, 5.41) is 2.96. The van der Waals surface area contributed by atoms with E-state index in [9.17, 15) is 4.39 Å². The molecule has 0 aliphatic carbocycles. The molecule has 78 valence electrons. The fraction of sp³-hybridized carbons (Fsp3) is 0.556. The van der Waals surface area contributed by atoms with E-state index in [1.807, 2.05) is 6.92 Å². The van der Waals surface area contributed by atoms with Crippen LogP contribution in [-0.4, -0.2) is 29.7 Å². The first-order valence-electron chi connectivity index (χ1n) is 4.62. The minimum absolute atomic E-state index is 0.426. The second-order valence-electron chi connectivity index (χ2n) is 2.70. The lowest BCUT2D eigenvalue weighted by atomic mass is 10.4. The molecule has 0 bridgehead atoms. The van der Waals surface area contributed by atoms with Gasteiger partial charge in [-0.1, -0.05) is 0 Å². The highest BCUT2D eigenvalue weighted by molar-refractivity contribution is 5.21. The molecule has 0 amide bonds. The number of nitrogens with zero attached hydrogens (tertiary/aromatic N) is 2. The number of ether oxygens (including phenoxy) is 1. The van der Waals surface area contributed by atoms with Gasteiger partial charge < -0.3 is 10.1 Å². The Kier molecular flexibility index (Phi) is 4.85. The van der Waals surface area contributed by atoms with Crippen molar-refractivity contribution in [3.8, 4) is 0 Å². The quantitative estimate of drug-likeness (QED) is 0.704. The molecule has 1 aromatic rings. The average Bonchev–Trinajstić information content (AvgIpc) is 2.21. The largest absolute Gasteiger partial charge is 0.382 e. The zero-order chi connectivity index (χ0) is 10.2. The summed E-state index contributed by atoms with van der Waals surface area (Å²) in [6.07, 6.45) is 3.16. The number of nitrogens with one attached hydrogen (secondary N) is 1. The molecule has 0 spiro atoms. The minimum atomic E-state index is -0.426.